The molecule has 4 aromatic carbocycles. The molecule has 1 amide bonds. The lowest BCUT2D eigenvalue weighted by molar-refractivity contribution is -0.150. The number of tetrazole rings is 1. The number of β-lactam (4-membered cyclic amide) rings is 1. The summed E-state index contributed by atoms with van der Waals surface area (Å²) in [5, 5.41) is 16.8. The molecular weight excluding hydrogens is 577 g/mol. The van der Waals surface area contributed by atoms with Gasteiger partial charge in [0.25, 0.3) is 0 Å². The van der Waals surface area contributed by atoms with Crippen molar-refractivity contribution in [2.75, 3.05) is 0 Å². The third-order valence-corrected chi connectivity index (χ3v) is 10.8. The number of nitrogens with zero attached hydrogens (tertiary/aromatic N) is 5. The van der Waals surface area contributed by atoms with E-state index in [4.69, 9.17) is 0 Å². The van der Waals surface area contributed by atoms with Gasteiger partial charge in [-0.3, -0.25) is 10.1 Å². The Morgan fingerprint density at radius 2 is 1.36 bits per heavy atom. The summed E-state index contributed by atoms with van der Waals surface area (Å²) < 4.78 is 1.55. The van der Waals surface area contributed by atoms with Crippen molar-refractivity contribution in [2.45, 2.75) is 67.9 Å². The molecule has 7 nitrogen and oxygen atoms in total. The Hall–Kier alpha value is -4.27. The highest BCUT2D eigenvalue weighted by Gasteiger charge is 2.64. The number of hydrogen-bond donors (Lipinski definition) is 1. The standard InChI is InChI=1S/C37H38N6OS/c1-25(2)27-22-20-26(21-23-27)24-42-33(39-40-41-42)32-36(3,4)45-35-31(34(44)43(32)35)38-37(28-14-8-5-9-15-28,29-16-10-6-11-17-29)30-18-12-7-13-19-30/h5-23,25,31-32,35,38H,24H2,1-4H3/t31?,32?,35-/m0/s1. The number of fused-ring (bicyclic) bond motifs is 1. The van der Waals surface area contributed by atoms with E-state index in [2.05, 4.69) is 146 Å². The summed E-state index contributed by atoms with van der Waals surface area (Å²) in [5.41, 5.74) is 4.94. The lowest BCUT2D eigenvalue weighted by Gasteiger charge is -2.49. The minimum atomic E-state index is -0.733. The van der Waals surface area contributed by atoms with Crippen LogP contribution in [0.25, 0.3) is 0 Å². The molecule has 0 saturated carbocycles. The van der Waals surface area contributed by atoms with Crippen molar-refractivity contribution >= 4 is 17.7 Å². The summed E-state index contributed by atoms with van der Waals surface area (Å²) in [6.45, 7) is 9.33. The highest BCUT2D eigenvalue weighted by atomic mass is 32.2. The normalized spacial score (nSPS) is 20.7. The van der Waals surface area contributed by atoms with Gasteiger partial charge in [0.05, 0.1) is 12.1 Å². The van der Waals surface area contributed by atoms with Gasteiger partial charge in [-0.1, -0.05) is 129 Å². The summed E-state index contributed by atoms with van der Waals surface area (Å²) in [6, 6.07) is 39.3. The SMILES string of the molecule is CC(C)c1ccc(Cn2nnnc2C2N3C(=O)C(NC(c4ccccc4)(c4ccccc4)c4ccccc4)[C@@H]3SC2(C)C)cc1. The smallest absolute Gasteiger partial charge is 0.244 e. The van der Waals surface area contributed by atoms with Crippen LogP contribution in [-0.4, -0.2) is 47.2 Å². The van der Waals surface area contributed by atoms with Gasteiger partial charge in [0.2, 0.25) is 5.91 Å². The predicted octanol–water partition coefficient (Wildman–Crippen LogP) is 6.53. The topological polar surface area (TPSA) is 75.9 Å². The molecule has 2 unspecified atom stereocenters. The van der Waals surface area contributed by atoms with E-state index in [0.717, 1.165) is 28.1 Å². The van der Waals surface area contributed by atoms with Gasteiger partial charge < -0.3 is 4.90 Å². The van der Waals surface area contributed by atoms with Crippen molar-refractivity contribution in [1.29, 1.82) is 0 Å². The Kier molecular flexibility index (Phi) is 7.58. The number of benzene rings is 4. The molecule has 2 saturated heterocycles. The van der Waals surface area contributed by atoms with E-state index in [-0.39, 0.29) is 22.1 Å². The van der Waals surface area contributed by atoms with Gasteiger partial charge in [-0.05, 0) is 58.0 Å². The maximum Gasteiger partial charge on any atom is 0.244 e. The van der Waals surface area contributed by atoms with Crippen molar-refractivity contribution in [3.8, 4) is 0 Å². The van der Waals surface area contributed by atoms with Crippen LogP contribution >= 0.6 is 11.8 Å². The maximum absolute atomic E-state index is 14.4. The van der Waals surface area contributed by atoms with E-state index in [1.54, 1.807) is 0 Å². The second-order valence-electron chi connectivity index (χ2n) is 12.8. The molecule has 0 bridgehead atoms. The molecule has 0 aliphatic carbocycles. The Morgan fingerprint density at radius 3 is 1.87 bits per heavy atom. The molecular formula is C37H38N6OS. The lowest BCUT2D eigenvalue weighted by Crippen LogP contribution is -2.70. The number of hydrogen-bond acceptors (Lipinski definition) is 6. The minimum absolute atomic E-state index is 0.0612. The molecule has 3 heterocycles. The summed E-state index contributed by atoms with van der Waals surface area (Å²) in [4.78, 5) is 16.3. The molecule has 2 aliphatic rings. The van der Waals surface area contributed by atoms with Crippen LogP contribution in [0.4, 0.5) is 0 Å². The maximum atomic E-state index is 14.4. The van der Waals surface area contributed by atoms with Gasteiger partial charge in [0.15, 0.2) is 5.82 Å². The van der Waals surface area contributed by atoms with Crippen LogP contribution in [0.15, 0.2) is 115 Å². The van der Waals surface area contributed by atoms with Crippen LogP contribution in [0.5, 0.6) is 0 Å². The molecule has 3 atom stereocenters. The molecule has 228 valence electrons. The van der Waals surface area contributed by atoms with Crippen molar-refractivity contribution in [2.24, 2.45) is 0 Å². The first-order valence-electron chi connectivity index (χ1n) is 15.6. The second kappa shape index (κ2) is 11.6. The molecule has 8 heteroatoms. The molecule has 1 N–H and O–H groups in total. The fraction of sp³-hybridized carbons (Fsp3) is 0.297. The lowest BCUT2D eigenvalue weighted by atomic mass is 9.76. The highest BCUT2D eigenvalue weighted by molar-refractivity contribution is 8.01. The first-order chi connectivity index (χ1) is 21.8. The number of amides is 1. The number of thioether (sulfide) groups is 1. The first-order valence-corrected chi connectivity index (χ1v) is 16.5. The third kappa shape index (κ3) is 5.06. The van der Waals surface area contributed by atoms with Gasteiger partial charge in [-0.15, -0.1) is 16.9 Å². The zero-order chi connectivity index (χ0) is 31.2. The monoisotopic (exact) mass is 614 g/mol. The first kappa shape index (κ1) is 29.4. The zero-order valence-corrected chi connectivity index (χ0v) is 26.9. The van der Waals surface area contributed by atoms with Gasteiger partial charge in [-0.2, -0.15) is 0 Å². The van der Waals surface area contributed by atoms with Crippen molar-refractivity contribution in [3.05, 3.63) is 149 Å². The number of nitrogens with one attached hydrogen (secondary N) is 1. The quantitative estimate of drug-likeness (QED) is 0.150. The number of rotatable bonds is 9. The van der Waals surface area contributed by atoms with Gasteiger partial charge in [-0.25, -0.2) is 4.68 Å². The average Bonchev–Trinajstić information content (AvgIpc) is 3.61. The third-order valence-electron chi connectivity index (χ3n) is 9.22. The molecule has 0 radical (unpaired) electrons. The Balaban J connectivity index is 1.23. The fourth-order valence-electron chi connectivity index (χ4n) is 6.91. The van der Waals surface area contributed by atoms with E-state index in [0.29, 0.717) is 12.5 Å². The average molecular weight is 615 g/mol. The Labute approximate surface area is 269 Å². The van der Waals surface area contributed by atoms with Crippen LogP contribution in [0.1, 0.15) is 73.3 Å². The van der Waals surface area contributed by atoms with Gasteiger partial charge >= 0.3 is 0 Å². The van der Waals surface area contributed by atoms with Crippen LogP contribution in [0.3, 0.4) is 0 Å². The van der Waals surface area contributed by atoms with Crippen LogP contribution < -0.4 is 5.32 Å². The minimum Gasteiger partial charge on any atom is -0.315 e. The molecule has 45 heavy (non-hydrogen) atoms. The highest BCUT2D eigenvalue weighted by Crippen LogP contribution is 2.57. The summed E-state index contributed by atoms with van der Waals surface area (Å²) in [5.74, 6) is 1.25. The largest absolute Gasteiger partial charge is 0.315 e. The molecule has 0 spiro atoms. The summed E-state index contributed by atoms with van der Waals surface area (Å²) in [7, 11) is 0. The van der Waals surface area contributed by atoms with Crippen LogP contribution in [-0.2, 0) is 16.9 Å². The van der Waals surface area contributed by atoms with E-state index in [9.17, 15) is 4.79 Å². The Bertz CT molecular complexity index is 1680. The number of carbonyl (C=O) groups is 1. The van der Waals surface area contributed by atoms with Crippen LogP contribution in [0.2, 0.25) is 0 Å². The zero-order valence-electron chi connectivity index (χ0n) is 26.0. The molecule has 7 rings (SSSR count). The molecule has 2 fully saturated rings. The predicted molar refractivity (Wildman–Crippen MR) is 179 cm³/mol. The molecule has 5 aromatic rings. The number of aromatic nitrogens is 4. The summed E-state index contributed by atoms with van der Waals surface area (Å²) in [6.07, 6.45) is 0. The second-order valence-corrected chi connectivity index (χ2v) is 14.6. The van der Waals surface area contributed by atoms with E-state index >= 15 is 0 Å². The Morgan fingerprint density at radius 1 is 0.822 bits per heavy atom. The van der Waals surface area contributed by atoms with Gasteiger partial charge in [0, 0.05) is 4.75 Å². The van der Waals surface area contributed by atoms with E-state index in [1.165, 1.54) is 5.56 Å². The van der Waals surface area contributed by atoms with Crippen molar-refractivity contribution in [3.63, 3.8) is 0 Å². The van der Waals surface area contributed by atoms with E-state index in [1.807, 2.05) is 39.5 Å². The van der Waals surface area contributed by atoms with Crippen molar-refractivity contribution < 1.29 is 4.79 Å². The fourth-order valence-corrected chi connectivity index (χ4v) is 8.54. The molecule has 2 aliphatic heterocycles. The summed E-state index contributed by atoms with van der Waals surface area (Å²) >= 11 is 1.82. The van der Waals surface area contributed by atoms with E-state index < -0.39 is 11.6 Å². The molecule has 1 aromatic heterocycles. The van der Waals surface area contributed by atoms with Gasteiger partial charge in [0.1, 0.15) is 17.5 Å². The van der Waals surface area contributed by atoms with Crippen LogP contribution in [0, 0.1) is 0 Å². The number of carbonyl (C=O) groups excluding carboxylic acids is 1. The van der Waals surface area contributed by atoms with Crippen molar-refractivity contribution in [1.82, 2.24) is 30.4 Å².